The summed E-state index contributed by atoms with van der Waals surface area (Å²) < 4.78 is 1.90. The summed E-state index contributed by atoms with van der Waals surface area (Å²) in [6.07, 6.45) is 3.37. The van der Waals surface area contributed by atoms with E-state index in [9.17, 15) is 24.5 Å². The standard InChI is InChI=1S/C21H15N3O6S/c25-19(26)12-23-20(27)18(31-21(23)28)9-14-11-22(17-7-2-1-6-16(14)17)10-13-4-3-5-15(8-13)24(29)30/h1-9,11H,10,12H2,(H,25,26)/b18-9+. The third kappa shape index (κ3) is 4.05. The van der Waals surface area contributed by atoms with Crippen LogP contribution >= 0.6 is 11.8 Å². The summed E-state index contributed by atoms with van der Waals surface area (Å²) in [6, 6.07) is 13.8. The van der Waals surface area contributed by atoms with Gasteiger partial charge in [-0.25, -0.2) is 0 Å². The van der Waals surface area contributed by atoms with Gasteiger partial charge in [0, 0.05) is 41.3 Å². The number of nitro groups is 1. The van der Waals surface area contributed by atoms with Crippen molar-refractivity contribution in [3.8, 4) is 0 Å². The van der Waals surface area contributed by atoms with Crippen LogP contribution in [0.4, 0.5) is 10.5 Å². The molecule has 4 rings (SSSR count). The summed E-state index contributed by atoms with van der Waals surface area (Å²) in [5.74, 6) is -1.91. The number of aromatic nitrogens is 1. The number of fused-ring (bicyclic) bond motifs is 1. The molecule has 0 unspecified atom stereocenters. The van der Waals surface area contributed by atoms with Gasteiger partial charge >= 0.3 is 5.97 Å². The summed E-state index contributed by atoms with van der Waals surface area (Å²) in [5.41, 5.74) is 2.27. The number of hydrogen-bond acceptors (Lipinski definition) is 6. The maximum absolute atomic E-state index is 12.5. The van der Waals surface area contributed by atoms with Crippen molar-refractivity contribution in [2.45, 2.75) is 6.54 Å². The average Bonchev–Trinajstić information content (AvgIpc) is 3.20. The van der Waals surface area contributed by atoms with E-state index in [1.54, 1.807) is 24.4 Å². The maximum Gasteiger partial charge on any atom is 0.323 e. The number of aliphatic carboxylic acids is 1. The molecule has 0 saturated carbocycles. The van der Waals surface area contributed by atoms with Gasteiger partial charge in [0.2, 0.25) is 0 Å². The van der Waals surface area contributed by atoms with Crippen LogP contribution in [0.2, 0.25) is 0 Å². The Labute approximate surface area is 179 Å². The Morgan fingerprint density at radius 2 is 1.94 bits per heavy atom. The average molecular weight is 437 g/mol. The Hall–Kier alpha value is -3.92. The van der Waals surface area contributed by atoms with Crippen molar-refractivity contribution in [2.24, 2.45) is 0 Å². The molecule has 0 radical (unpaired) electrons. The smallest absolute Gasteiger partial charge is 0.323 e. The van der Waals surface area contributed by atoms with Crippen LogP contribution in [-0.4, -0.2) is 43.2 Å². The molecule has 0 spiro atoms. The lowest BCUT2D eigenvalue weighted by atomic mass is 10.1. The minimum absolute atomic E-state index is 0.00119. The van der Waals surface area contributed by atoms with Crippen LogP contribution < -0.4 is 0 Å². The first-order valence-corrected chi connectivity index (χ1v) is 9.93. The number of rotatable bonds is 6. The summed E-state index contributed by atoms with van der Waals surface area (Å²) in [7, 11) is 0. The van der Waals surface area contributed by atoms with E-state index in [0.717, 1.165) is 16.5 Å². The number of hydrogen-bond donors (Lipinski definition) is 1. The zero-order valence-electron chi connectivity index (χ0n) is 15.9. The lowest BCUT2D eigenvalue weighted by Crippen LogP contribution is -2.33. The number of amides is 2. The number of carbonyl (C=O) groups is 3. The van der Waals surface area contributed by atoms with E-state index in [1.807, 2.05) is 28.8 Å². The first-order chi connectivity index (χ1) is 14.8. The SMILES string of the molecule is O=C(O)CN1C(=O)S/C(=C/c2cn(Cc3cccc([N+](=O)[O-])c3)c3ccccc23)C1=O. The van der Waals surface area contributed by atoms with Gasteiger partial charge in [-0.15, -0.1) is 0 Å². The second kappa shape index (κ2) is 8.07. The van der Waals surface area contributed by atoms with Gasteiger partial charge in [0.25, 0.3) is 16.8 Å². The molecule has 2 aromatic carbocycles. The highest BCUT2D eigenvalue weighted by molar-refractivity contribution is 8.18. The molecular weight excluding hydrogens is 422 g/mol. The quantitative estimate of drug-likeness (QED) is 0.354. The normalized spacial score (nSPS) is 15.2. The maximum atomic E-state index is 12.5. The van der Waals surface area contributed by atoms with Crippen LogP contribution in [0.3, 0.4) is 0 Å². The van der Waals surface area contributed by atoms with Crippen LogP contribution in [0.5, 0.6) is 0 Å². The first-order valence-electron chi connectivity index (χ1n) is 9.12. The van der Waals surface area contributed by atoms with E-state index in [0.29, 0.717) is 28.8 Å². The van der Waals surface area contributed by atoms with Crippen LogP contribution in [0.1, 0.15) is 11.1 Å². The van der Waals surface area contributed by atoms with Crippen molar-refractivity contribution in [3.05, 3.63) is 80.9 Å². The largest absolute Gasteiger partial charge is 0.480 e. The first kappa shape index (κ1) is 20.4. The van der Waals surface area contributed by atoms with Gasteiger partial charge in [-0.2, -0.15) is 0 Å². The van der Waals surface area contributed by atoms with Gasteiger partial charge < -0.3 is 9.67 Å². The summed E-state index contributed by atoms with van der Waals surface area (Å²) >= 11 is 0.697. The zero-order chi connectivity index (χ0) is 22.1. The fourth-order valence-corrected chi connectivity index (χ4v) is 4.23. The Balaban J connectivity index is 1.71. The van der Waals surface area contributed by atoms with Gasteiger partial charge in [-0.1, -0.05) is 30.3 Å². The van der Waals surface area contributed by atoms with Crippen molar-refractivity contribution in [3.63, 3.8) is 0 Å². The molecule has 0 aliphatic carbocycles. The van der Waals surface area contributed by atoms with Gasteiger partial charge in [0.1, 0.15) is 6.54 Å². The number of carboxylic acid groups (broad SMARTS) is 1. The third-order valence-corrected chi connectivity index (χ3v) is 5.65. The predicted molar refractivity (Wildman–Crippen MR) is 114 cm³/mol. The van der Waals surface area contributed by atoms with E-state index in [1.165, 1.54) is 12.1 Å². The molecule has 2 heterocycles. The van der Waals surface area contributed by atoms with E-state index >= 15 is 0 Å². The molecule has 10 heteroatoms. The summed E-state index contributed by atoms with van der Waals surface area (Å²) in [6.45, 7) is -0.312. The monoisotopic (exact) mass is 437 g/mol. The van der Waals surface area contributed by atoms with Gasteiger partial charge in [0.15, 0.2) is 0 Å². The molecule has 1 saturated heterocycles. The number of imide groups is 1. The number of carboxylic acids is 1. The Kier molecular flexibility index (Phi) is 5.30. The van der Waals surface area contributed by atoms with E-state index in [-0.39, 0.29) is 10.6 Å². The fraction of sp³-hybridized carbons (Fsp3) is 0.0952. The highest BCUT2D eigenvalue weighted by Crippen LogP contribution is 2.34. The predicted octanol–water partition coefficient (Wildman–Crippen LogP) is 3.72. The molecule has 3 aromatic rings. The Bertz CT molecular complexity index is 1280. The second-order valence-corrected chi connectivity index (χ2v) is 7.81. The summed E-state index contributed by atoms with van der Waals surface area (Å²) in [5, 5.41) is 20.2. The minimum Gasteiger partial charge on any atom is -0.480 e. The van der Waals surface area contributed by atoms with Crippen LogP contribution in [0.15, 0.2) is 59.6 Å². The lowest BCUT2D eigenvalue weighted by molar-refractivity contribution is -0.384. The summed E-state index contributed by atoms with van der Waals surface area (Å²) in [4.78, 5) is 46.8. The molecule has 0 atom stereocenters. The van der Waals surface area contributed by atoms with Crippen molar-refractivity contribution in [2.75, 3.05) is 6.54 Å². The van der Waals surface area contributed by atoms with Gasteiger partial charge in [-0.05, 0) is 29.5 Å². The minimum atomic E-state index is -1.27. The highest BCUT2D eigenvalue weighted by Gasteiger charge is 2.36. The van der Waals surface area contributed by atoms with E-state index in [2.05, 4.69) is 0 Å². The molecular formula is C21H15N3O6S. The number of nitro benzene ring substituents is 1. The molecule has 9 nitrogen and oxygen atoms in total. The van der Waals surface area contributed by atoms with Crippen molar-refractivity contribution < 1.29 is 24.4 Å². The molecule has 1 fully saturated rings. The van der Waals surface area contributed by atoms with Crippen molar-refractivity contribution in [1.29, 1.82) is 0 Å². The van der Waals surface area contributed by atoms with Crippen LogP contribution in [-0.2, 0) is 16.1 Å². The molecule has 1 N–H and O–H groups in total. The number of non-ortho nitro benzene ring substituents is 1. The Morgan fingerprint density at radius 1 is 1.16 bits per heavy atom. The van der Waals surface area contributed by atoms with Gasteiger partial charge in [-0.3, -0.25) is 29.4 Å². The third-order valence-electron chi connectivity index (χ3n) is 4.75. The highest BCUT2D eigenvalue weighted by atomic mass is 32.2. The molecule has 1 aliphatic heterocycles. The number of para-hydroxylation sites is 1. The Morgan fingerprint density at radius 3 is 2.68 bits per heavy atom. The van der Waals surface area contributed by atoms with Crippen molar-refractivity contribution >= 4 is 51.5 Å². The number of benzene rings is 2. The lowest BCUT2D eigenvalue weighted by Gasteiger charge is -2.07. The van der Waals surface area contributed by atoms with E-state index < -0.39 is 28.6 Å². The number of carbonyl (C=O) groups excluding carboxylic acids is 2. The van der Waals surface area contributed by atoms with Crippen molar-refractivity contribution in [1.82, 2.24) is 9.47 Å². The fourth-order valence-electron chi connectivity index (χ4n) is 3.40. The molecule has 156 valence electrons. The topological polar surface area (TPSA) is 123 Å². The number of thioether (sulfide) groups is 1. The van der Waals surface area contributed by atoms with E-state index in [4.69, 9.17) is 5.11 Å². The molecule has 31 heavy (non-hydrogen) atoms. The second-order valence-electron chi connectivity index (χ2n) is 6.82. The molecule has 0 bridgehead atoms. The van der Waals surface area contributed by atoms with Crippen LogP contribution in [0, 0.1) is 10.1 Å². The number of nitrogens with zero attached hydrogens (tertiary/aromatic N) is 3. The van der Waals surface area contributed by atoms with Gasteiger partial charge in [0.05, 0.1) is 9.83 Å². The molecule has 1 aliphatic rings. The zero-order valence-corrected chi connectivity index (χ0v) is 16.7. The molecule has 2 amide bonds. The van der Waals surface area contributed by atoms with Crippen LogP contribution in [0.25, 0.3) is 17.0 Å². The molecule has 1 aromatic heterocycles.